The molecule has 0 aliphatic carbocycles. The highest BCUT2D eigenvalue weighted by Crippen LogP contribution is 2.15. The Morgan fingerprint density at radius 3 is 2.94 bits per heavy atom. The zero-order valence-electron chi connectivity index (χ0n) is 11.8. The number of hydrogen-bond donors (Lipinski definition) is 1. The SMILES string of the molecule is CCCC(CNC(C)C)N1CCn2cnnc2C1. The second kappa shape index (κ2) is 6.29. The molecule has 1 aliphatic rings. The first kappa shape index (κ1) is 13.5. The van der Waals surface area contributed by atoms with E-state index in [2.05, 4.69) is 45.8 Å². The molecule has 0 spiro atoms. The van der Waals surface area contributed by atoms with Crippen LogP contribution in [0.5, 0.6) is 0 Å². The smallest absolute Gasteiger partial charge is 0.147 e. The molecule has 0 saturated heterocycles. The van der Waals surface area contributed by atoms with E-state index in [-0.39, 0.29) is 0 Å². The Hall–Kier alpha value is -0.940. The maximum Gasteiger partial charge on any atom is 0.147 e. The van der Waals surface area contributed by atoms with Gasteiger partial charge in [0.05, 0.1) is 6.54 Å². The van der Waals surface area contributed by atoms with Gasteiger partial charge in [-0.2, -0.15) is 0 Å². The molecule has 0 saturated carbocycles. The summed E-state index contributed by atoms with van der Waals surface area (Å²) in [6, 6.07) is 1.17. The minimum atomic E-state index is 0.554. The largest absolute Gasteiger partial charge is 0.315 e. The van der Waals surface area contributed by atoms with E-state index in [1.807, 2.05) is 6.33 Å². The van der Waals surface area contributed by atoms with Crippen molar-refractivity contribution in [1.29, 1.82) is 0 Å². The lowest BCUT2D eigenvalue weighted by Gasteiger charge is -2.35. The van der Waals surface area contributed by atoms with Gasteiger partial charge in [0, 0.05) is 31.7 Å². The van der Waals surface area contributed by atoms with Crippen LogP contribution < -0.4 is 5.32 Å². The van der Waals surface area contributed by atoms with Crippen molar-refractivity contribution in [2.24, 2.45) is 0 Å². The van der Waals surface area contributed by atoms with Crippen molar-refractivity contribution in [2.75, 3.05) is 13.1 Å². The molecular formula is C13H25N5. The second-order valence-electron chi connectivity index (χ2n) is 5.42. The topological polar surface area (TPSA) is 46.0 Å². The Kier molecular flexibility index (Phi) is 4.72. The Morgan fingerprint density at radius 2 is 2.22 bits per heavy atom. The number of aromatic nitrogens is 3. The standard InChI is InChI=1S/C13H25N5/c1-4-5-12(8-14-11(2)3)17-6-7-18-10-15-16-13(18)9-17/h10-12,14H,4-9H2,1-3H3. The molecule has 0 fully saturated rings. The minimum absolute atomic E-state index is 0.554. The zero-order chi connectivity index (χ0) is 13.0. The fourth-order valence-electron chi connectivity index (χ4n) is 2.52. The van der Waals surface area contributed by atoms with Gasteiger partial charge in [0.2, 0.25) is 0 Å². The summed E-state index contributed by atoms with van der Waals surface area (Å²) in [6.07, 6.45) is 4.31. The maximum atomic E-state index is 4.20. The van der Waals surface area contributed by atoms with Crippen molar-refractivity contribution in [2.45, 2.75) is 58.8 Å². The van der Waals surface area contributed by atoms with Crippen LogP contribution in [-0.2, 0) is 13.1 Å². The van der Waals surface area contributed by atoms with Crippen LogP contribution in [0, 0.1) is 0 Å². The van der Waals surface area contributed by atoms with Crippen LogP contribution in [0.2, 0.25) is 0 Å². The quantitative estimate of drug-likeness (QED) is 0.827. The van der Waals surface area contributed by atoms with Crippen LogP contribution in [0.15, 0.2) is 6.33 Å². The van der Waals surface area contributed by atoms with Crippen LogP contribution in [0.3, 0.4) is 0 Å². The molecule has 2 heterocycles. The zero-order valence-corrected chi connectivity index (χ0v) is 11.8. The lowest BCUT2D eigenvalue weighted by atomic mass is 10.1. The summed E-state index contributed by atoms with van der Waals surface area (Å²) in [5.41, 5.74) is 0. The summed E-state index contributed by atoms with van der Waals surface area (Å²) in [4.78, 5) is 2.54. The highest BCUT2D eigenvalue weighted by Gasteiger charge is 2.23. The Labute approximate surface area is 110 Å². The second-order valence-corrected chi connectivity index (χ2v) is 5.42. The third-order valence-corrected chi connectivity index (χ3v) is 3.57. The van der Waals surface area contributed by atoms with Gasteiger partial charge >= 0.3 is 0 Å². The summed E-state index contributed by atoms with van der Waals surface area (Å²) in [5, 5.41) is 11.7. The first-order chi connectivity index (χ1) is 8.70. The Morgan fingerprint density at radius 1 is 1.39 bits per heavy atom. The molecule has 1 aromatic rings. The molecule has 1 N–H and O–H groups in total. The van der Waals surface area contributed by atoms with Gasteiger partial charge in [0.15, 0.2) is 0 Å². The van der Waals surface area contributed by atoms with E-state index in [0.29, 0.717) is 12.1 Å². The fourth-order valence-corrected chi connectivity index (χ4v) is 2.52. The summed E-state index contributed by atoms with van der Waals surface area (Å²) in [6.45, 7) is 10.8. The highest BCUT2D eigenvalue weighted by atomic mass is 15.3. The fraction of sp³-hybridized carbons (Fsp3) is 0.846. The summed E-state index contributed by atoms with van der Waals surface area (Å²) >= 11 is 0. The van der Waals surface area contributed by atoms with Gasteiger partial charge < -0.3 is 9.88 Å². The van der Waals surface area contributed by atoms with Crippen molar-refractivity contribution in [3.8, 4) is 0 Å². The summed E-state index contributed by atoms with van der Waals surface area (Å²) < 4.78 is 2.16. The molecule has 0 aromatic carbocycles. The Bertz CT molecular complexity index is 360. The van der Waals surface area contributed by atoms with Crippen LogP contribution >= 0.6 is 0 Å². The van der Waals surface area contributed by atoms with E-state index >= 15 is 0 Å². The van der Waals surface area contributed by atoms with Gasteiger partial charge in [0.25, 0.3) is 0 Å². The lowest BCUT2D eigenvalue weighted by molar-refractivity contribution is 0.139. The lowest BCUT2D eigenvalue weighted by Crippen LogP contribution is -2.47. The van der Waals surface area contributed by atoms with E-state index in [4.69, 9.17) is 0 Å². The van der Waals surface area contributed by atoms with Crippen molar-refractivity contribution < 1.29 is 0 Å². The number of hydrogen-bond acceptors (Lipinski definition) is 4. The number of fused-ring (bicyclic) bond motifs is 1. The van der Waals surface area contributed by atoms with E-state index in [9.17, 15) is 0 Å². The van der Waals surface area contributed by atoms with Gasteiger partial charge in [-0.25, -0.2) is 0 Å². The molecule has 1 unspecified atom stereocenters. The molecule has 0 radical (unpaired) electrons. The van der Waals surface area contributed by atoms with Crippen LogP contribution in [-0.4, -0.2) is 44.8 Å². The molecule has 5 heteroatoms. The first-order valence-electron chi connectivity index (χ1n) is 7.04. The normalized spacial score (nSPS) is 18.0. The van der Waals surface area contributed by atoms with Crippen LogP contribution in [0.1, 0.15) is 39.4 Å². The Balaban J connectivity index is 1.95. The molecule has 0 bridgehead atoms. The van der Waals surface area contributed by atoms with Gasteiger partial charge in [-0.15, -0.1) is 10.2 Å². The predicted molar refractivity (Wildman–Crippen MR) is 72.3 cm³/mol. The number of nitrogens with one attached hydrogen (secondary N) is 1. The van der Waals surface area contributed by atoms with Crippen LogP contribution in [0.25, 0.3) is 0 Å². The van der Waals surface area contributed by atoms with Crippen molar-refractivity contribution in [3.63, 3.8) is 0 Å². The first-order valence-corrected chi connectivity index (χ1v) is 7.04. The molecule has 102 valence electrons. The van der Waals surface area contributed by atoms with E-state index in [1.54, 1.807) is 0 Å². The predicted octanol–water partition coefficient (Wildman–Crippen LogP) is 1.26. The van der Waals surface area contributed by atoms with Crippen LogP contribution in [0.4, 0.5) is 0 Å². The van der Waals surface area contributed by atoms with Crippen molar-refractivity contribution in [1.82, 2.24) is 25.0 Å². The van der Waals surface area contributed by atoms with Crippen molar-refractivity contribution >= 4 is 0 Å². The molecule has 18 heavy (non-hydrogen) atoms. The molecule has 1 aliphatic heterocycles. The molecule has 5 nitrogen and oxygen atoms in total. The van der Waals surface area contributed by atoms with E-state index in [0.717, 1.165) is 32.0 Å². The summed E-state index contributed by atoms with van der Waals surface area (Å²) in [7, 11) is 0. The third kappa shape index (κ3) is 3.29. The van der Waals surface area contributed by atoms with Gasteiger partial charge in [0.1, 0.15) is 12.2 Å². The number of nitrogens with zero attached hydrogens (tertiary/aromatic N) is 4. The van der Waals surface area contributed by atoms with Gasteiger partial charge in [-0.1, -0.05) is 27.2 Å². The molecule has 1 atom stereocenters. The monoisotopic (exact) mass is 251 g/mol. The maximum absolute atomic E-state index is 4.20. The third-order valence-electron chi connectivity index (χ3n) is 3.57. The highest BCUT2D eigenvalue weighted by molar-refractivity contribution is 4.92. The van der Waals surface area contributed by atoms with Gasteiger partial charge in [-0.05, 0) is 6.42 Å². The molecular weight excluding hydrogens is 226 g/mol. The average molecular weight is 251 g/mol. The van der Waals surface area contributed by atoms with Gasteiger partial charge in [-0.3, -0.25) is 4.90 Å². The average Bonchev–Trinajstić information content (AvgIpc) is 2.81. The molecule has 2 rings (SSSR count). The summed E-state index contributed by atoms with van der Waals surface area (Å²) in [5.74, 6) is 1.10. The molecule has 1 aromatic heterocycles. The number of rotatable bonds is 6. The minimum Gasteiger partial charge on any atom is -0.315 e. The molecule has 0 amide bonds. The van der Waals surface area contributed by atoms with E-state index < -0.39 is 0 Å². The van der Waals surface area contributed by atoms with E-state index in [1.165, 1.54) is 12.8 Å². The van der Waals surface area contributed by atoms with Crippen molar-refractivity contribution in [3.05, 3.63) is 12.2 Å².